The number of rotatable bonds is 2. The molecule has 0 aliphatic heterocycles. The Morgan fingerprint density at radius 3 is 2.50 bits per heavy atom. The average Bonchev–Trinajstić information content (AvgIpc) is 2.58. The highest BCUT2D eigenvalue weighted by atomic mass is 14.7. The Labute approximate surface area is 88.5 Å². The van der Waals surface area contributed by atoms with E-state index in [0.717, 1.165) is 24.3 Å². The van der Waals surface area contributed by atoms with Crippen molar-refractivity contribution < 1.29 is 0 Å². The Morgan fingerprint density at radius 1 is 1.36 bits per heavy atom. The van der Waals surface area contributed by atoms with Gasteiger partial charge in [-0.25, -0.2) is 0 Å². The number of terminal acetylenes is 1. The largest absolute Gasteiger partial charge is 0.330 e. The van der Waals surface area contributed by atoms with Gasteiger partial charge in [-0.3, -0.25) is 0 Å². The third-order valence-corrected chi connectivity index (χ3v) is 4.46. The third kappa shape index (κ3) is 1.68. The van der Waals surface area contributed by atoms with Crippen LogP contribution in [-0.2, 0) is 0 Å². The maximum Gasteiger partial charge on any atom is -0.00203 e. The lowest BCUT2D eigenvalue weighted by atomic mass is 9.56. The van der Waals surface area contributed by atoms with Crippen LogP contribution in [0.2, 0.25) is 0 Å². The van der Waals surface area contributed by atoms with E-state index in [1.165, 1.54) is 25.7 Å². The van der Waals surface area contributed by atoms with Crippen molar-refractivity contribution in [2.24, 2.45) is 28.9 Å². The van der Waals surface area contributed by atoms with Crippen molar-refractivity contribution in [3.63, 3.8) is 0 Å². The van der Waals surface area contributed by atoms with E-state index in [0.29, 0.717) is 5.41 Å². The first-order chi connectivity index (χ1) is 6.69. The molecule has 2 rings (SSSR count). The number of hydrogen-bond donors (Lipinski definition) is 1. The highest BCUT2D eigenvalue weighted by molar-refractivity contribution is 5.03. The minimum atomic E-state index is 0.522. The minimum Gasteiger partial charge on any atom is -0.330 e. The lowest BCUT2D eigenvalue weighted by Gasteiger charge is -2.50. The second kappa shape index (κ2) is 4.36. The molecular weight excluding hydrogens is 170 g/mol. The Balaban J connectivity index is 0.000000461. The first kappa shape index (κ1) is 11.6. The van der Waals surface area contributed by atoms with Gasteiger partial charge in [0.1, 0.15) is 0 Å². The van der Waals surface area contributed by atoms with Crippen LogP contribution in [0, 0.1) is 36.0 Å². The zero-order chi connectivity index (χ0) is 10.8. The minimum absolute atomic E-state index is 0.522. The van der Waals surface area contributed by atoms with Crippen LogP contribution in [0.25, 0.3) is 0 Å². The molecule has 0 radical (unpaired) electrons. The molecule has 0 aromatic heterocycles. The molecule has 0 aromatic carbocycles. The summed E-state index contributed by atoms with van der Waals surface area (Å²) in [4.78, 5) is 0. The number of nitrogens with two attached hydrogens (primary N) is 1. The van der Waals surface area contributed by atoms with E-state index >= 15 is 0 Å². The standard InChI is InChI=1S/C11H21N.C2H2/c1-3-8-4-9-6-11(2,7-12)10(9)5-8;1-2/h8-10H,3-7,12H2,1-2H3;1-2H. The molecule has 0 spiro atoms. The predicted octanol–water partition coefficient (Wildman–Crippen LogP) is 2.66. The molecule has 1 nitrogen and oxygen atoms in total. The maximum absolute atomic E-state index is 5.81. The van der Waals surface area contributed by atoms with Crippen molar-refractivity contribution in [1.82, 2.24) is 0 Å². The molecule has 2 fully saturated rings. The highest BCUT2D eigenvalue weighted by Gasteiger charge is 2.53. The Kier molecular flexibility index (Phi) is 3.61. The maximum atomic E-state index is 5.81. The summed E-state index contributed by atoms with van der Waals surface area (Å²) in [7, 11) is 0. The van der Waals surface area contributed by atoms with E-state index in [-0.39, 0.29) is 0 Å². The van der Waals surface area contributed by atoms with Crippen LogP contribution >= 0.6 is 0 Å². The normalized spacial score (nSPS) is 44.5. The molecule has 2 saturated carbocycles. The summed E-state index contributed by atoms with van der Waals surface area (Å²) in [5.74, 6) is 3.05. The van der Waals surface area contributed by atoms with Crippen LogP contribution in [0.5, 0.6) is 0 Å². The predicted molar refractivity (Wildman–Crippen MR) is 61.7 cm³/mol. The molecule has 0 heterocycles. The molecule has 0 aromatic rings. The molecule has 2 aliphatic carbocycles. The van der Waals surface area contributed by atoms with Crippen LogP contribution in [0.4, 0.5) is 0 Å². The summed E-state index contributed by atoms with van der Waals surface area (Å²) >= 11 is 0. The number of fused-ring (bicyclic) bond motifs is 1. The number of hydrogen-bond acceptors (Lipinski definition) is 1. The second-order valence-corrected chi connectivity index (χ2v) is 5.17. The molecule has 0 amide bonds. The monoisotopic (exact) mass is 193 g/mol. The lowest BCUT2D eigenvalue weighted by molar-refractivity contribution is 0.00511. The van der Waals surface area contributed by atoms with E-state index in [1.54, 1.807) is 0 Å². The van der Waals surface area contributed by atoms with Crippen LogP contribution in [0.3, 0.4) is 0 Å². The Hall–Kier alpha value is -0.480. The molecule has 0 saturated heterocycles. The van der Waals surface area contributed by atoms with Crippen molar-refractivity contribution in [2.45, 2.75) is 39.5 Å². The first-order valence-electron chi connectivity index (χ1n) is 5.73. The summed E-state index contributed by atoms with van der Waals surface area (Å²) in [5.41, 5.74) is 6.33. The van der Waals surface area contributed by atoms with E-state index in [4.69, 9.17) is 5.73 Å². The summed E-state index contributed by atoms with van der Waals surface area (Å²) in [5, 5.41) is 0. The van der Waals surface area contributed by atoms with Gasteiger partial charge in [0, 0.05) is 0 Å². The summed E-state index contributed by atoms with van der Waals surface area (Å²) in [6.07, 6.45) is 13.8. The Bertz CT molecular complexity index is 209. The first-order valence-corrected chi connectivity index (χ1v) is 5.73. The lowest BCUT2D eigenvalue weighted by Crippen LogP contribution is -2.47. The molecule has 4 atom stereocenters. The summed E-state index contributed by atoms with van der Waals surface area (Å²) < 4.78 is 0. The smallest absolute Gasteiger partial charge is 0.00203 e. The molecule has 14 heavy (non-hydrogen) atoms. The summed E-state index contributed by atoms with van der Waals surface area (Å²) in [6, 6.07) is 0. The fourth-order valence-electron chi connectivity index (χ4n) is 3.48. The summed E-state index contributed by atoms with van der Waals surface area (Å²) in [6.45, 7) is 5.62. The van der Waals surface area contributed by atoms with Crippen LogP contribution in [0.1, 0.15) is 39.5 Å². The van der Waals surface area contributed by atoms with Crippen molar-refractivity contribution in [1.29, 1.82) is 0 Å². The molecule has 80 valence electrons. The molecule has 0 bridgehead atoms. The van der Waals surface area contributed by atoms with Gasteiger partial charge in [0.25, 0.3) is 0 Å². The van der Waals surface area contributed by atoms with Crippen molar-refractivity contribution in [2.75, 3.05) is 6.54 Å². The average molecular weight is 193 g/mol. The second-order valence-electron chi connectivity index (χ2n) is 5.17. The third-order valence-electron chi connectivity index (χ3n) is 4.46. The zero-order valence-electron chi connectivity index (χ0n) is 9.50. The van der Waals surface area contributed by atoms with Gasteiger partial charge in [-0.2, -0.15) is 0 Å². The fourth-order valence-corrected chi connectivity index (χ4v) is 3.48. The van der Waals surface area contributed by atoms with Gasteiger partial charge in [0.05, 0.1) is 0 Å². The quantitative estimate of drug-likeness (QED) is 0.670. The van der Waals surface area contributed by atoms with E-state index in [1.807, 2.05) is 0 Å². The fraction of sp³-hybridized carbons (Fsp3) is 0.846. The molecule has 1 heteroatoms. The highest BCUT2D eigenvalue weighted by Crippen LogP contribution is 2.60. The van der Waals surface area contributed by atoms with Crippen molar-refractivity contribution >= 4 is 0 Å². The van der Waals surface area contributed by atoms with E-state index in [2.05, 4.69) is 26.7 Å². The molecule has 2 N–H and O–H groups in total. The van der Waals surface area contributed by atoms with Crippen molar-refractivity contribution in [3.8, 4) is 12.8 Å². The van der Waals surface area contributed by atoms with Crippen LogP contribution < -0.4 is 5.73 Å². The zero-order valence-corrected chi connectivity index (χ0v) is 9.50. The van der Waals surface area contributed by atoms with E-state index < -0.39 is 0 Å². The van der Waals surface area contributed by atoms with Gasteiger partial charge >= 0.3 is 0 Å². The van der Waals surface area contributed by atoms with Gasteiger partial charge in [-0.1, -0.05) is 20.3 Å². The van der Waals surface area contributed by atoms with Crippen molar-refractivity contribution in [3.05, 3.63) is 0 Å². The van der Waals surface area contributed by atoms with E-state index in [9.17, 15) is 0 Å². The van der Waals surface area contributed by atoms with Gasteiger partial charge in [-0.05, 0) is 49.0 Å². The van der Waals surface area contributed by atoms with Crippen LogP contribution in [0.15, 0.2) is 0 Å². The topological polar surface area (TPSA) is 26.0 Å². The van der Waals surface area contributed by atoms with Gasteiger partial charge in [0.2, 0.25) is 0 Å². The Morgan fingerprint density at radius 2 is 2.00 bits per heavy atom. The van der Waals surface area contributed by atoms with Gasteiger partial charge < -0.3 is 5.73 Å². The molecular formula is C13H23N. The van der Waals surface area contributed by atoms with Gasteiger partial charge in [-0.15, -0.1) is 12.8 Å². The van der Waals surface area contributed by atoms with Gasteiger partial charge in [0.15, 0.2) is 0 Å². The van der Waals surface area contributed by atoms with Crippen LogP contribution in [-0.4, -0.2) is 6.54 Å². The molecule has 4 unspecified atom stereocenters. The molecule has 2 aliphatic rings. The SMILES string of the molecule is C#C.CCC1CC2CC(C)(CN)C2C1.